The molecule has 0 aromatic heterocycles. The summed E-state index contributed by atoms with van der Waals surface area (Å²) < 4.78 is 0. The van der Waals surface area contributed by atoms with Gasteiger partial charge in [0.1, 0.15) is 5.75 Å². The number of phenols is 1. The molecule has 1 aliphatic carbocycles. The minimum absolute atomic E-state index is 0.0456. The molecule has 0 atom stereocenters. The fourth-order valence-corrected chi connectivity index (χ4v) is 2.45. The summed E-state index contributed by atoms with van der Waals surface area (Å²) in [6, 6.07) is 9.24. The van der Waals surface area contributed by atoms with Crippen molar-refractivity contribution in [3.05, 3.63) is 64.2 Å². The summed E-state index contributed by atoms with van der Waals surface area (Å²) in [5.41, 5.74) is 0.669. The molecule has 0 aliphatic heterocycles. The van der Waals surface area contributed by atoms with E-state index in [0.29, 0.717) is 5.56 Å². The highest BCUT2D eigenvalue weighted by molar-refractivity contribution is 6.29. The highest BCUT2D eigenvalue weighted by Crippen LogP contribution is 2.34. The molecule has 1 N–H and O–H groups in total. The topological polar surface area (TPSA) is 71.4 Å². The highest BCUT2D eigenvalue weighted by Gasteiger charge is 2.33. The molecule has 0 spiro atoms. The maximum Gasteiger partial charge on any atom is 0.198 e. The second-order valence-electron chi connectivity index (χ2n) is 4.64. The van der Waals surface area contributed by atoms with Crippen molar-refractivity contribution in [2.45, 2.75) is 6.92 Å². The van der Waals surface area contributed by atoms with Gasteiger partial charge in [0.15, 0.2) is 17.3 Å². The summed E-state index contributed by atoms with van der Waals surface area (Å²) in [5.74, 6) is -1.52. The van der Waals surface area contributed by atoms with Crippen molar-refractivity contribution in [1.82, 2.24) is 0 Å². The second kappa shape index (κ2) is 4.13. The van der Waals surface area contributed by atoms with E-state index in [-0.39, 0.29) is 33.8 Å². The summed E-state index contributed by atoms with van der Waals surface area (Å²) >= 11 is 0. The van der Waals surface area contributed by atoms with Crippen molar-refractivity contribution in [3.63, 3.8) is 0 Å². The van der Waals surface area contributed by atoms with E-state index in [1.807, 2.05) is 0 Å². The summed E-state index contributed by atoms with van der Waals surface area (Å²) in [5, 5.41) is 10.1. The third kappa shape index (κ3) is 1.51. The molecule has 0 amide bonds. The minimum atomic E-state index is -0.434. The predicted molar refractivity (Wildman–Crippen MR) is 71.4 cm³/mol. The van der Waals surface area contributed by atoms with Gasteiger partial charge in [0, 0.05) is 16.7 Å². The van der Waals surface area contributed by atoms with Gasteiger partial charge in [-0.25, -0.2) is 0 Å². The first-order chi connectivity index (χ1) is 9.52. The van der Waals surface area contributed by atoms with E-state index >= 15 is 0 Å². The van der Waals surface area contributed by atoms with Crippen LogP contribution in [0.25, 0.3) is 0 Å². The number of Topliss-reactive ketones (excluding diaryl/α,β-unsaturated/α-hetero) is 1. The summed E-state index contributed by atoms with van der Waals surface area (Å²) in [6.07, 6.45) is 0. The van der Waals surface area contributed by atoms with Crippen LogP contribution in [0, 0.1) is 0 Å². The molecule has 20 heavy (non-hydrogen) atoms. The molecule has 0 saturated carbocycles. The molecule has 1 aliphatic rings. The number of hydrogen-bond acceptors (Lipinski definition) is 4. The van der Waals surface area contributed by atoms with Crippen LogP contribution in [0.3, 0.4) is 0 Å². The zero-order valence-corrected chi connectivity index (χ0v) is 10.6. The van der Waals surface area contributed by atoms with Gasteiger partial charge in [0.05, 0.1) is 11.1 Å². The molecule has 0 heterocycles. The van der Waals surface area contributed by atoms with Crippen molar-refractivity contribution in [2.75, 3.05) is 0 Å². The molecular formula is C16H10O4. The lowest BCUT2D eigenvalue weighted by Crippen LogP contribution is -2.21. The Hall–Kier alpha value is -2.75. The fourth-order valence-electron chi connectivity index (χ4n) is 2.45. The van der Waals surface area contributed by atoms with Crippen LogP contribution in [0.4, 0.5) is 0 Å². The fraction of sp³-hybridized carbons (Fsp3) is 0.0625. The minimum Gasteiger partial charge on any atom is -0.506 e. The normalized spacial score (nSPS) is 12.8. The number of aromatic hydroxyl groups is 1. The van der Waals surface area contributed by atoms with Crippen LogP contribution in [0.1, 0.15) is 49.1 Å². The van der Waals surface area contributed by atoms with E-state index in [0.717, 1.165) is 0 Å². The average molecular weight is 266 g/mol. The van der Waals surface area contributed by atoms with E-state index in [2.05, 4.69) is 0 Å². The molecule has 3 rings (SSSR count). The number of carbonyl (C=O) groups excluding carboxylic acids is 3. The summed E-state index contributed by atoms with van der Waals surface area (Å²) in [6.45, 7) is 1.30. The van der Waals surface area contributed by atoms with Gasteiger partial charge in [-0.05, 0) is 19.1 Å². The van der Waals surface area contributed by atoms with Crippen LogP contribution < -0.4 is 0 Å². The third-order valence-electron chi connectivity index (χ3n) is 3.45. The van der Waals surface area contributed by atoms with Crippen LogP contribution >= 0.6 is 0 Å². The molecule has 2 aromatic rings. The third-order valence-corrected chi connectivity index (χ3v) is 3.45. The molecule has 0 saturated heterocycles. The Balaban J connectivity index is 2.34. The zero-order valence-electron chi connectivity index (χ0n) is 10.6. The van der Waals surface area contributed by atoms with Gasteiger partial charge in [0.2, 0.25) is 0 Å². The van der Waals surface area contributed by atoms with Crippen LogP contribution in [0.2, 0.25) is 0 Å². The van der Waals surface area contributed by atoms with Crippen molar-refractivity contribution >= 4 is 17.3 Å². The number of fused-ring (bicyclic) bond motifs is 2. The van der Waals surface area contributed by atoms with E-state index in [1.165, 1.54) is 19.1 Å². The molecule has 98 valence electrons. The number of benzene rings is 2. The highest BCUT2D eigenvalue weighted by atomic mass is 16.3. The molecule has 2 aromatic carbocycles. The summed E-state index contributed by atoms with van der Waals surface area (Å²) in [7, 11) is 0. The molecule has 4 heteroatoms. The number of rotatable bonds is 1. The van der Waals surface area contributed by atoms with Crippen molar-refractivity contribution in [1.29, 1.82) is 0 Å². The van der Waals surface area contributed by atoms with E-state index in [1.54, 1.807) is 24.3 Å². The van der Waals surface area contributed by atoms with Crippen molar-refractivity contribution < 1.29 is 19.5 Å². The molecular weight excluding hydrogens is 256 g/mol. The Morgan fingerprint density at radius 1 is 0.900 bits per heavy atom. The maximum atomic E-state index is 12.4. The Labute approximate surface area is 114 Å². The number of ketones is 3. The standard InChI is InChI=1S/C16H10O4/c1-8(17)9-6-7-12-13(15(9)19)16(20)11-5-3-2-4-10(11)14(12)18/h2-7,19H,1H3. The van der Waals surface area contributed by atoms with Crippen LogP contribution in [0.5, 0.6) is 5.75 Å². The van der Waals surface area contributed by atoms with Gasteiger partial charge in [-0.2, -0.15) is 0 Å². The number of hydrogen-bond donors (Lipinski definition) is 1. The van der Waals surface area contributed by atoms with Gasteiger partial charge < -0.3 is 5.11 Å². The number of phenolic OH excluding ortho intramolecular Hbond substituents is 1. The lowest BCUT2D eigenvalue weighted by atomic mass is 9.82. The largest absolute Gasteiger partial charge is 0.506 e. The lowest BCUT2D eigenvalue weighted by molar-refractivity contribution is 0.0974. The van der Waals surface area contributed by atoms with Gasteiger partial charge in [-0.1, -0.05) is 24.3 Å². The average Bonchev–Trinajstić information content (AvgIpc) is 2.44. The van der Waals surface area contributed by atoms with Crippen LogP contribution in [-0.4, -0.2) is 22.5 Å². The Morgan fingerprint density at radius 3 is 2.10 bits per heavy atom. The molecule has 0 unspecified atom stereocenters. The van der Waals surface area contributed by atoms with E-state index in [9.17, 15) is 19.5 Å². The predicted octanol–water partition coefficient (Wildman–Crippen LogP) is 2.37. The molecule has 0 radical (unpaired) electrons. The smallest absolute Gasteiger partial charge is 0.198 e. The second-order valence-corrected chi connectivity index (χ2v) is 4.64. The monoisotopic (exact) mass is 266 g/mol. The molecule has 0 fully saturated rings. The quantitative estimate of drug-likeness (QED) is 0.686. The Kier molecular flexibility index (Phi) is 2.54. The van der Waals surface area contributed by atoms with Crippen molar-refractivity contribution in [3.8, 4) is 5.75 Å². The molecule has 4 nitrogen and oxygen atoms in total. The van der Waals surface area contributed by atoms with Gasteiger partial charge in [0.25, 0.3) is 0 Å². The Bertz CT molecular complexity index is 787. The van der Waals surface area contributed by atoms with Gasteiger partial charge in [-0.3, -0.25) is 14.4 Å². The van der Waals surface area contributed by atoms with E-state index < -0.39 is 11.5 Å². The van der Waals surface area contributed by atoms with Crippen molar-refractivity contribution in [2.24, 2.45) is 0 Å². The first kappa shape index (κ1) is 12.3. The molecule has 0 bridgehead atoms. The zero-order chi connectivity index (χ0) is 14.4. The maximum absolute atomic E-state index is 12.4. The van der Waals surface area contributed by atoms with E-state index in [4.69, 9.17) is 0 Å². The Morgan fingerprint density at radius 2 is 1.50 bits per heavy atom. The van der Waals surface area contributed by atoms with Crippen LogP contribution in [0.15, 0.2) is 36.4 Å². The SMILES string of the molecule is CC(=O)c1ccc2c(c1O)C(=O)c1ccccc1C2=O. The summed E-state index contributed by atoms with van der Waals surface area (Å²) in [4.78, 5) is 36.2. The van der Waals surface area contributed by atoms with Gasteiger partial charge in [-0.15, -0.1) is 0 Å². The first-order valence-electron chi connectivity index (χ1n) is 6.07. The van der Waals surface area contributed by atoms with Crippen LogP contribution in [-0.2, 0) is 0 Å². The number of carbonyl (C=O) groups is 3. The lowest BCUT2D eigenvalue weighted by Gasteiger charge is -2.19. The first-order valence-corrected chi connectivity index (χ1v) is 6.07. The van der Waals surface area contributed by atoms with Gasteiger partial charge >= 0.3 is 0 Å².